The van der Waals surface area contributed by atoms with E-state index in [0.29, 0.717) is 0 Å². The molecule has 113 valence electrons. The van der Waals surface area contributed by atoms with Gasteiger partial charge >= 0.3 is 38.7 Å². The van der Waals surface area contributed by atoms with Crippen LogP contribution in [0.5, 0.6) is 0 Å². The van der Waals surface area contributed by atoms with Crippen LogP contribution in [0.4, 0.5) is 14.4 Å². The van der Waals surface area contributed by atoms with E-state index < -0.39 is 18.5 Å². The molecular formula is C3H11Co2O12. The normalized spacial score (nSPS) is 4.65. The number of hydrogen-bond donors (Lipinski definition) is 7. The van der Waals surface area contributed by atoms with Crippen LogP contribution in [0.2, 0.25) is 0 Å². The standard InChI is InChI=1S/3CH2O3.2Co.3H2O/c3*2-1(3)4;;;;;/h3*(H2,2,3,4);;;3*1H2/q;;;;+1;;;/p-1. The number of rotatable bonds is 0. The van der Waals surface area contributed by atoms with Gasteiger partial charge in [0.05, 0.1) is 0 Å². The third kappa shape index (κ3) is 1410. The van der Waals surface area contributed by atoms with E-state index in [1.165, 1.54) is 0 Å². The third-order valence-electron chi connectivity index (χ3n) is 0. The molecule has 0 aliphatic rings. The van der Waals surface area contributed by atoms with E-state index >= 15 is 0 Å². The van der Waals surface area contributed by atoms with Gasteiger partial charge in [0, 0.05) is 16.8 Å². The quantitative estimate of drug-likeness (QED) is 0.262. The van der Waals surface area contributed by atoms with E-state index in [1.807, 2.05) is 0 Å². The molecule has 0 saturated carbocycles. The van der Waals surface area contributed by atoms with Crippen molar-refractivity contribution in [3.05, 3.63) is 0 Å². The van der Waals surface area contributed by atoms with Gasteiger partial charge in [-0.3, -0.25) is 0 Å². The summed E-state index contributed by atoms with van der Waals surface area (Å²) >= 11 is 2.56. The van der Waals surface area contributed by atoms with Gasteiger partial charge in [0.25, 0.3) is 0 Å². The molecule has 0 aromatic rings. The van der Waals surface area contributed by atoms with Crippen molar-refractivity contribution in [3.8, 4) is 0 Å². The van der Waals surface area contributed by atoms with Crippen molar-refractivity contribution in [2.24, 2.45) is 0 Å². The van der Waals surface area contributed by atoms with Crippen molar-refractivity contribution < 1.29 is 93.0 Å². The Hall–Kier alpha value is -1.30. The number of hydrogen-bond acceptors (Lipinski definition) is 4. The predicted molar refractivity (Wildman–Crippen MR) is 41.4 cm³/mol. The van der Waals surface area contributed by atoms with Gasteiger partial charge in [-0.1, -0.05) is 0 Å². The fraction of sp³-hybridized carbons (Fsp3) is 0. The van der Waals surface area contributed by atoms with Crippen molar-refractivity contribution in [1.29, 1.82) is 0 Å². The summed E-state index contributed by atoms with van der Waals surface area (Å²) in [6, 6.07) is 0. The molecule has 0 rings (SSSR count). The first-order chi connectivity index (χ1) is 6.20. The first-order valence-corrected chi connectivity index (χ1v) is 2.57. The zero-order valence-electron chi connectivity index (χ0n) is 7.52. The van der Waals surface area contributed by atoms with Crippen LogP contribution in [-0.2, 0) is 32.8 Å². The first kappa shape index (κ1) is 44.8. The Labute approximate surface area is 112 Å². The molecule has 0 spiro atoms. The first-order valence-electron chi connectivity index (χ1n) is 2.10. The fourth-order valence-electron chi connectivity index (χ4n) is 0. The van der Waals surface area contributed by atoms with E-state index in [0.717, 1.165) is 0 Å². The van der Waals surface area contributed by atoms with E-state index in [1.54, 1.807) is 0 Å². The maximum atomic E-state index is 8.56. The van der Waals surface area contributed by atoms with E-state index in [4.69, 9.17) is 49.2 Å². The second-order valence-electron chi connectivity index (χ2n) is 0.848. The van der Waals surface area contributed by atoms with Crippen LogP contribution in [0.15, 0.2) is 0 Å². The van der Waals surface area contributed by atoms with E-state index in [-0.39, 0.29) is 27.7 Å². The fourth-order valence-corrected chi connectivity index (χ4v) is 0. The predicted octanol–water partition coefficient (Wildman–Crippen LogP) is -1.54. The molecule has 0 atom stereocenters. The SMILES string of the molecule is O.O.O=C(O)O.O=C(O)O.O=C(O)O.[Co].[OH][Co]. The van der Waals surface area contributed by atoms with Gasteiger partial charge in [-0.05, 0) is 0 Å². The molecule has 1 radical (unpaired) electrons. The second-order valence-corrected chi connectivity index (χ2v) is 0.848. The monoisotopic (exact) mass is 357 g/mol. The van der Waals surface area contributed by atoms with Gasteiger partial charge in [-0.15, -0.1) is 0 Å². The summed E-state index contributed by atoms with van der Waals surface area (Å²) in [5, 5.41) is 41.8. The van der Waals surface area contributed by atoms with Crippen molar-refractivity contribution in [3.63, 3.8) is 0 Å². The van der Waals surface area contributed by atoms with Gasteiger partial charge in [0.1, 0.15) is 0 Å². The van der Waals surface area contributed by atoms with Gasteiger partial charge in [-0.25, -0.2) is 14.4 Å². The molecule has 17 heavy (non-hydrogen) atoms. The Morgan fingerprint density at radius 1 is 0.588 bits per heavy atom. The Morgan fingerprint density at radius 2 is 0.588 bits per heavy atom. The van der Waals surface area contributed by atoms with Crippen LogP contribution in [0.1, 0.15) is 0 Å². The molecule has 0 fully saturated rings. The van der Waals surface area contributed by atoms with Crippen molar-refractivity contribution in [1.82, 2.24) is 0 Å². The molecule has 0 aliphatic heterocycles. The minimum absolute atomic E-state index is 0. The Morgan fingerprint density at radius 3 is 0.588 bits per heavy atom. The zero-order valence-corrected chi connectivity index (χ0v) is 9.60. The minimum atomic E-state index is -1.83. The molecule has 0 amide bonds. The molecule has 0 aromatic carbocycles. The Balaban J connectivity index is -0.0000000152. The van der Waals surface area contributed by atoms with Crippen molar-refractivity contribution in [2.75, 3.05) is 0 Å². The summed E-state index contributed by atoms with van der Waals surface area (Å²) in [7, 11) is 0. The van der Waals surface area contributed by atoms with Crippen LogP contribution in [-0.4, -0.2) is 64.3 Å². The average Bonchev–Trinajstić information content (AvgIpc) is 1.86. The van der Waals surface area contributed by atoms with Gasteiger partial charge in [0.2, 0.25) is 0 Å². The van der Waals surface area contributed by atoms with Crippen molar-refractivity contribution in [2.45, 2.75) is 0 Å². The van der Waals surface area contributed by atoms with Crippen molar-refractivity contribution >= 4 is 18.5 Å². The summed E-state index contributed by atoms with van der Waals surface area (Å²) < 4.78 is 6.69. The molecule has 12 nitrogen and oxygen atoms in total. The van der Waals surface area contributed by atoms with Gasteiger partial charge in [-0.2, -0.15) is 0 Å². The number of carbonyl (C=O) groups is 3. The second kappa shape index (κ2) is 46.5. The molecule has 14 heteroatoms. The molecule has 0 aliphatic carbocycles. The topological polar surface area (TPSA) is 256 Å². The third-order valence-corrected chi connectivity index (χ3v) is 0. The summed E-state index contributed by atoms with van der Waals surface area (Å²) in [6.07, 6.45) is -5.50. The van der Waals surface area contributed by atoms with Crippen LogP contribution in [0.3, 0.4) is 0 Å². The Kier molecular flexibility index (Phi) is 123. The molecule has 0 aromatic heterocycles. The molecule has 11 N–H and O–H groups in total. The molecule has 0 unspecified atom stereocenters. The molecule has 0 saturated heterocycles. The summed E-state index contributed by atoms with van der Waals surface area (Å²) in [5.41, 5.74) is 0. The summed E-state index contributed by atoms with van der Waals surface area (Å²) in [5.74, 6) is 0. The van der Waals surface area contributed by atoms with E-state index in [9.17, 15) is 0 Å². The number of carboxylic acid groups (broad SMARTS) is 6. The van der Waals surface area contributed by atoms with Crippen LogP contribution < -0.4 is 0 Å². The van der Waals surface area contributed by atoms with Gasteiger partial charge in [0.15, 0.2) is 0 Å². The van der Waals surface area contributed by atoms with E-state index in [2.05, 4.69) is 16.1 Å². The summed E-state index contributed by atoms with van der Waals surface area (Å²) in [4.78, 5) is 25.7. The average molecular weight is 357 g/mol. The Bertz CT molecular complexity index is 117. The maximum absolute atomic E-state index is 8.56. The van der Waals surface area contributed by atoms with Crippen LogP contribution >= 0.6 is 0 Å². The molecule has 0 bridgehead atoms. The molecular weight excluding hydrogens is 346 g/mol. The summed E-state index contributed by atoms with van der Waals surface area (Å²) in [6.45, 7) is 0. The van der Waals surface area contributed by atoms with Gasteiger partial charge < -0.3 is 41.6 Å². The van der Waals surface area contributed by atoms with Crippen LogP contribution in [0.25, 0.3) is 0 Å². The molecule has 0 heterocycles. The zero-order chi connectivity index (χ0) is 12.7. The van der Waals surface area contributed by atoms with Crippen LogP contribution in [0, 0.1) is 0 Å².